The first-order valence-electron chi connectivity index (χ1n) is 5.99. The van der Waals surface area contributed by atoms with E-state index in [1.54, 1.807) is 6.20 Å². The van der Waals surface area contributed by atoms with Crippen LogP contribution in [0.2, 0.25) is 0 Å². The zero-order valence-corrected chi connectivity index (χ0v) is 10.1. The van der Waals surface area contributed by atoms with Crippen molar-refractivity contribution < 1.29 is 9.53 Å². The van der Waals surface area contributed by atoms with E-state index in [9.17, 15) is 4.79 Å². The van der Waals surface area contributed by atoms with Crippen molar-refractivity contribution in [3.63, 3.8) is 0 Å². The van der Waals surface area contributed by atoms with Crippen LogP contribution in [-0.4, -0.2) is 22.4 Å². The lowest BCUT2D eigenvalue weighted by Gasteiger charge is -2.03. The first kappa shape index (κ1) is 12.5. The fourth-order valence-corrected chi connectivity index (χ4v) is 1.64. The molecule has 0 saturated heterocycles. The van der Waals surface area contributed by atoms with Crippen molar-refractivity contribution in [2.24, 2.45) is 0 Å². The lowest BCUT2D eigenvalue weighted by atomic mass is 10.2. The van der Waals surface area contributed by atoms with Crippen LogP contribution in [0.3, 0.4) is 0 Å². The number of Topliss-reactive ketones (excluding diaryl/α,β-unsaturated/α-hetero) is 1. The fraction of sp³-hybridized carbons (Fsp3) is 0.286. The fourth-order valence-electron chi connectivity index (χ4n) is 1.64. The maximum atomic E-state index is 11.6. The van der Waals surface area contributed by atoms with Crippen molar-refractivity contribution in [3.8, 4) is 0 Å². The van der Waals surface area contributed by atoms with Crippen LogP contribution in [0, 0.1) is 0 Å². The lowest BCUT2D eigenvalue weighted by molar-refractivity contribution is 0.0915. The number of hydrogen-bond acceptors (Lipinski definition) is 3. The second-order valence-corrected chi connectivity index (χ2v) is 4.03. The first-order valence-corrected chi connectivity index (χ1v) is 5.99. The highest BCUT2D eigenvalue weighted by Crippen LogP contribution is 2.04. The summed E-state index contributed by atoms with van der Waals surface area (Å²) in [5, 5.41) is 0. The van der Waals surface area contributed by atoms with Crippen LogP contribution in [0.4, 0.5) is 0 Å². The van der Waals surface area contributed by atoms with Crippen LogP contribution in [0.5, 0.6) is 0 Å². The molecule has 0 bridgehead atoms. The van der Waals surface area contributed by atoms with E-state index in [1.807, 2.05) is 30.3 Å². The van der Waals surface area contributed by atoms with Gasteiger partial charge in [0.05, 0.1) is 19.1 Å². The van der Waals surface area contributed by atoms with Gasteiger partial charge in [0.1, 0.15) is 5.69 Å². The van der Waals surface area contributed by atoms with Crippen LogP contribution in [0.15, 0.2) is 42.9 Å². The van der Waals surface area contributed by atoms with Gasteiger partial charge in [-0.15, -0.1) is 0 Å². The van der Waals surface area contributed by atoms with Crippen LogP contribution < -0.4 is 0 Å². The number of rotatable bonds is 7. The zero-order chi connectivity index (χ0) is 12.6. The Bertz CT molecular complexity index is 466. The highest BCUT2D eigenvalue weighted by Gasteiger charge is 2.06. The van der Waals surface area contributed by atoms with Crippen molar-refractivity contribution in [1.82, 2.24) is 9.97 Å². The highest BCUT2D eigenvalue weighted by atomic mass is 16.5. The third-order valence-corrected chi connectivity index (χ3v) is 2.60. The predicted molar refractivity (Wildman–Crippen MR) is 68.3 cm³/mol. The molecule has 1 aromatic carbocycles. The average molecular weight is 244 g/mol. The Hall–Kier alpha value is -1.94. The van der Waals surface area contributed by atoms with E-state index in [1.165, 1.54) is 6.33 Å². The van der Waals surface area contributed by atoms with Crippen molar-refractivity contribution >= 4 is 5.78 Å². The highest BCUT2D eigenvalue weighted by molar-refractivity contribution is 5.93. The minimum Gasteiger partial charge on any atom is -0.377 e. The van der Waals surface area contributed by atoms with E-state index in [4.69, 9.17) is 4.74 Å². The maximum Gasteiger partial charge on any atom is 0.180 e. The largest absolute Gasteiger partial charge is 0.377 e. The van der Waals surface area contributed by atoms with Gasteiger partial charge in [0.2, 0.25) is 0 Å². The number of carbonyl (C=O) groups is 1. The molecule has 1 heterocycles. The third kappa shape index (κ3) is 3.82. The minimum absolute atomic E-state index is 0.0795. The van der Waals surface area contributed by atoms with Crippen LogP contribution >= 0.6 is 0 Å². The molecule has 4 nitrogen and oxygen atoms in total. The maximum absolute atomic E-state index is 11.6. The Morgan fingerprint density at radius 1 is 1.28 bits per heavy atom. The molecule has 0 fully saturated rings. The van der Waals surface area contributed by atoms with E-state index in [-0.39, 0.29) is 5.78 Å². The molecule has 0 spiro atoms. The molecule has 2 aromatic rings. The van der Waals surface area contributed by atoms with E-state index in [2.05, 4.69) is 9.97 Å². The number of carbonyl (C=O) groups excluding carboxylic acids is 1. The number of ketones is 1. The predicted octanol–water partition coefficient (Wildman–Crippen LogP) is 2.59. The number of H-pyrrole nitrogens is 1. The molecular formula is C14H16N2O2. The van der Waals surface area contributed by atoms with Crippen LogP contribution in [0.1, 0.15) is 28.9 Å². The Morgan fingerprint density at radius 2 is 2.11 bits per heavy atom. The van der Waals surface area contributed by atoms with E-state index < -0.39 is 0 Å². The zero-order valence-electron chi connectivity index (χ0n) is 10.1. The number of nitrogens with zero attached hydrogens (tertiary/aromatic N) is 1. The summed E-state index contributed by atoms with van der Waals surface area (Å²) in [7, 11) is 0. The Labute approximate surface area is 106 Å². The molecule has 2 rings (SSSR count). The van der Waals surface area contributed by atoms with Gasteiger partial charge in [-0.25, -0.2) is 4.98 Å². The van der Waals surface area contributed by atoms with Gasteiger partial charge in [0.25, 0.3) is 0 Å². The standard InChI is InChI=1S/C14H16N2O2/c17-14(13-9-15-11-16-13)7-4-8-18-10-12-5-2-1-3-6-12/h1-3,5-6,9,11H,4,7-8,10H2,(H,15,16). The molecule has 0 saturated carbocycles. The van der Waals surface area contributed by atoms with Crippen LogP contribution in [-0.2, 0) is 11.3 Å². The molecule has 94 valence electrons. The van der Waals surface area contributed by atoms with E-state index in [0.717, 1.165) is 12.0 Å². The van der Waals surface area contributed by atoms with E-state index >= 15 is 0 Å². The summed E-state index contributed by atoms with van der Waals surface area (Å²) in [4.78, 5) is 18.2. The number of benzene rings is 1. The van der Waals surface area contributed by atoms with Gasteiger partial charge in [-0.3, -0.25) is 4.79 Å². The van der Waals surface area contributed by atoms with Gasteiger partial charge in [0.15, 0.2) is 5.78 Å². The summed E-state index contributed by atoms with van der Waals surface area (Å²) >= 11 is 0. The number of imidazole rings is 1. The van der Waals surface area contributed by atoms with Crippen LogP contribution in [0.25, 0.3) is 0 Å². The number of hydrogen-bond donors (Lipinski definition) is 1. The van der Waals surface area contributed by atoms with Gasteiger partial charge in [-0.05, 0) is 12.0 Å². The molecule has 0 aliphatic carbocycles. The second-order valence-electron chi connectivity index (χ2n) is 4.03. The smallest absolute Gasteiger partial charge is 0.180 e. The molecule has 0 atom stereocenters. The van der Waals surface area contributed by atoms with Gasteiger partial charge in [0, 0.05) is 13.0 Å². The minimum atomic E-state index is 0.0795. The number of aromatic amines is 1. The molecule has 4 heteroatoms. The molecule has 0 unspecified atom stereocenters. The molecule has 0 aliphatic heterocycles. The number of aromatic nitrogens is 2. The summed E-state index contributed by atoms with van der Waals surface area (Å²) in [6.07, 6.45) is 4.27. The summed E-state index contributed by atoms with van der Waals surface area (Å²) in [5.41, 5.74) is 1.72. The Kier molecular flexibility index (Phi) is 4.67. The summed E-state index contributed by atoms with van der Waals surface area (Å²) < 4.78 is 5.51. The van der Waals surface area contributed by atoms with Gasteiger partial charge in [-0.2, -0.15) is 0 Å². The Morgan fingerprint density at radius 3 is 2.83 bits per heavy atom. The lowest BCUT2D eigenvalue weighted by Crippen LogP contribution is -2.02. The topological polar surface area (TPSA) is 55.0 Å². The number of ether oxygens (including phenoxy) is 1. The summed E-state index contributed by atoms with van der Waals surface area (Å²) in [6.45, 7) is 1.19. The average Bonchev–Trinajstić information content (AvgIpc) is 2.93. The SMILES string of the molecule is O=C(CCCOCc1ccccc1)c1cnc[nH]1. The van der Waals surface area contributed by atoms with Gasteiger partial charge in [-0.1, -0.05) is 30.3 Å². The summed E-state index contributed by atoms with van der Waals surface area (Å²) in [5.74, 6) is 0.0795. The van der Waals surface area contributed by atoms with Crippen molar-refractivity contribution in [2.45, 2.75) is 19.4 Å². The quantitative estimate of drug-likeness (QED) is 0.601. The van der Waals surface area contributed by atoms with Crippen molar-refractivity contribution in [2.75, 3.05) is 6.61 Å². The van der Waals surface area contributed by atoms with Gasteiger partial charge >= 0.3 is 0 Å². The number of nitrogens with one attached hydrogen (secondary N) is 1. The molecule has 1 aromatic heterocycles. The van der Waals surface area contributed by atoms with Gasteiger partial charge < -0.3 is 9.72 Å². The second kappa shape index (κ2) is 6.71. The molecule has 0 aliphatic rings. The third-order valence-electron chi connectivity index (χ3n) is 2.60. The Balaban J connectivity index is 1.61. The van der Waals surface area contributed by atoms with Crippen molar-refractivity contribution in [3.05, 3.63) is 54.1 Å². The molecule has 1 N–H and O–H groups in total. The normalized spacial score (nSPS) is 10.4. The summed E-state index contributed by atoms with van der Waals surface area (Å²) in [6, 6.07) is 10.00. The monoisotopic (exact) mass is 244 g/mol. The van der Waals surface area contributed by atoms with E-state index in [0.29, 0.717) is 25.3 Å². The molecule has 0 amide bonds. The first-order chi connectivity index (χ1) is 8.86. The molecule has 0 radical (unpaired) electrons. The molecular weight excluding hydrogens is 228 g/mol. The molecule has 18 heavy (non-hydrogen) atoms. The van der Waals surface area contributed by atoms with Crippen molar-refractivity contribution in [1.29, 1.82) is 0 Å².